The van der Waals surface area contributed by atoms with Gasteiger partial charge in [-0.05, 0) is 61.2 Å². The summed E-state index contributed by atoms with van der Waals surface area (Å²) in [6, 6.07) is 10.0. The van der Waals surface area contributed by atoms with E-state index in [0.29, 0.717) is 5.02 Å². The van der Waals surface area contributed by atoms with E-state index >= 15 is 0 Å². The number of hydrogen-bond donors (Lipinski definition) is 0. The van der Waals surface area contributed by atoms with Crippen molar-refractivity contribution in [2.75, 3.05) is 0 Å². The van der Waals surface area contributed by atoms with Gasteiger partial charge in [-0.1, -0.05) is 45.2 Å². The first-order valence-electron chi connectivity index (χ1n) is 6.07. The summed E-state index contributed by atoms with van der Waals surface area (Å²) < 4.78 is 0.983. The highest BCUT2D eigenvalue weighted by atomic mass is 79.9. The summed E-state index contributed by atoms with van der Waals surface area (Å²) in [7, 11) is 0. The van der Waals surface area contributed by atoms with Crippen molar-refractivity contribution in [3.05, 3.63) is 67.6 Å². The van der Waals surface area contributed by atoms with E-state index in [1.165, 1.54) is 16.7 Å². The first kappa shape index (κ1) is 14.9. The van der Waals surface area contributed by atoms with Gasteiger partial charge in [0.2, 0.25) is 0 Å². The predicted octanol–water partition coefficient (Wildman–Crippen LogP) is 6.36. The fraction of sp³-hybridized carbons (Fsp3) is 0.250. The van der Waals surface area contributed by atoms with Crippen molar-refractivity contribution in [2.45, 2.75) is 26.1 Å². The lowest BCUT2D eigenvalue weighted by Crippen LogP contribution is -2.01. The van der Waals surface area contributed by atoms with Gasteiger partial charge in [0.15, 0.2) is 0 Å². The van der Waals surface area contributed by atoms with E-state index in [0.717, 1.165) is 15.6 Å². The van der Waals surface area contributed by atoms with Crippen LogP contribution in [0.5, 0.6) is 0 Å². The Morgan fingerprint density at radius 2 is 1.58 bits per heavy atom. The van der Waals surface area contributed by atoms with Crippen molar-refractivity contribution in [1.29, 1.82) is 0 Å². The van der Waals surface area contributed by atoms with E-state index < -0.39 is 0 Å². The number of aryl methyl sites for hydroxylation is 3. The molecule has 0 fully saturated rings. The zero-order chi connectivity index (χ0) is 14.2. The zero-order valence-corrected chi connectivity index (χ0v) is 14.2. The molecule has 0 aliphatic carbocycles. The molecule has 0 aliphatic rings. The van der Waals surface area contributed by atoms with Gasteiger partial charge in [-0.25, -0.2) is 0 Å². The van der Waals surface area contributed by atoms with Gasteiger partial charge in [0.1, 0.15) is 0 Å². The third-order valence-electron chi connectivity index (χ3n) is 3.22. The second-order valence-electron chi connectivity index (χ2n) is 4.84. The van der Waals surface area contributed by atoms with Crippen molar-refractivity contribution < 1.29 is 0 Å². The molecule has 0 amide bonds. The topological polar surface area (TPSA) is 0 Å². The van der Waals surface area contributed by atoms with Crippen LogP contribution in [0.25, 0.3) is 0 Å². The molecule has 0 saturated heterocycles. The van der Waals surface area contributed by atoms with Gasteiger partial charge in [-0.3, -0.25) is 0 Å². The summed E-state index contributed by atoms with van der Waals surface area (Å²) in [5.41, 5.74) is 5.85. The first-order valence-corrected chi connectivity index (χ1v) is 7.67. The summed E-state index contributed by atoms with van der Waals surface area (Å²) in [6.07, 6.45) is 0. The van der Waals surface area contributed by atoms with E-state index in [9.17, 15) is 0 Å². The summed E-state index contributed by atoms with van der Waals surface area (Å²) in [6.45, 7) is 6.30. The van der Waals surface area contributed by atoms with Crippen molar-refractivity contribution in [2.24, 2.45) is 0 Å². The average Bonchev–Trinajstić information content (AvgIpc) is 2.30. The quantitative estimate of drug-likeness (QED) is 0.549. The van der Waals surface area contributed by atoms with Crippen LogP contribution in [-0.2, 0) is 0 Å². The molecule has 0 saturated carbocycles. The van der Waals surface area contributed by atoms with Crippen molar-refractivity contribution in [3.63, 3.8) is 0 Å². The third-order valence-corrected chi connectivity index (χ3v) is 4.63. The Kier molecular flexibility index (Phi) is 4.60. The fourth-order valence-corrected chi connectivity index (χ4v) is 3.77. The average molecular weight is 358 g/mol. The largest absolute Gasteiger partial charge is 0.113 e. The van der Waals surface area contributed by atoms with Gasteiger partial charge < -0.3 is 0 Å². The van der Waals surface area contributed by atoms with E-state index in [1.54, 1.807) is 0 Å². The summed E-state index contributed by atoms with van der Waals surface area (Å²) in [4.78, 5) is 0. The van der Waals surface area contributed by atoms with Crippen LogP contribution in [0, 0.1) is 20.8 Å². The second-order valence-corrected chi connectivity index (χ2v) is 6.57. The normalized spacial score (nSPS) is 12.5. The molecule has 0 spiro atoms. The summed E-state index contributed by atoms with van der Waals surface area (Å²) in [5.74, 6) is 0. The summed E-state index contributed by atoms with van der Waals surface area (Å²) in [5, 5.41) is 0.500. The highest BCUT2D eigenvalue weighted by molar-refractivity contribution is 9.10. The van der Waals surface area contributed by atoms with Gasteiger partial charge in [0.05, 0.1) is 5.38 Å². The maximum absolute atomic E-state index is 6.68. The number of halogens is 3. The van der Waals surface area contributed by atoms with Crippen LogP contribution in [0.1, 0.15) is 33.2 Å². The minimum absolute atomic E-state index is 0.200. The molecule has 0 aliphatic heterocycles. The molecular formula is C16H15BrCl2. The lowest BCUT2D eigenvalue weighted by Gasteiger charge is -2.18. The van der Waals surface area contributed by atoms with Crippen LogP contribution >= 0.6 is 39.1 Å². The zero-order valence-electron chi connectivity index (χ0n) is 11.1. The molecule has 0 nitrogen and oxygen atoms in total. The molecule has 0 bridgehead atoms. The van der Waals surface area contributed by atoms with E-state index in [1.807, 2.05) is 18.2 Å². The van der Waals surface area contributed by atoms with Crippen molar-refractivity contribution in [3.8, 4) is 0 Å². The molecule has 0 radical (unpaired) electrons. The molecule has 1 atom stereocenters. The van der Waals surface area contributed by atoms with E-state index in [4.69, 9.17) is 23.2 Å². The highest BCUT2D eigenvalue weighted by Gasteiger charge is 2.18. The summed E-state index contributed by atoms with van der Waals surface area (Å²) >= 11 is 16.3. The van der Waals surface area contributed by atoms with Crippen molar-refractivity contribution >= 4 is 39.1 Å². The molecular weight excluding hydrogens is 343 g/mol. The van der Waals surface area contributed by atoms with Crippen LogP contribution in [-0.4, -0.2) is 0 Å². The minimum atomic E-state index is -0.200. The molecule has 2 aromatic rings. The Balaban J connectivity index is 2.56. The lowest BCUT2D eigenvalue weighted by atomic mass is 9.94. The Hall–Kier alpha value is -0.500. The molecule has 0 heterocycles. The second kappa shape index (κ2) is 5.87. The Labute approximate surface area is 132 Å². The van der Waals surface area contributed by atoms with Crippen LogP contribution in [0.4, 0.5) is 0 Å². The molecule has 3 heteroatoms. The number of alkyl halides is 1. The number of benzene rings is 2. The number of rotatable bonds is 2. The molecule has 0 N–H and O–H groups in total. The van der Waals surface area contributed by atoms with Crippen LogP contribution < -0.4 is 0 Å². The smallest absolute Gasteiger partial charge is 0.0851 e. The van der Waals surface area contributed by atoms with Crippen LogP contribution in [0.2, 0.25) is 5.02 Å². The lowest BCUT2D eigenvalue weighted by molar-refractivity contribution is 1.07. The first-order chi connectivity index (χ1) is 8.90. The SMILES string of the molecule is Cc1cc(C)c(C(Cl)c2cc(Cl)ccc2Br)c(C)c1. The minimum Gasteiger partial charge on any atom is -0.113 e. The van der Waals surface area contributed by atoms with Crippen LogP contribution in [0.15, 0.2) is 34.8 Å². The Bertz CT molecular complexity index is 597. The monoisotopic (exact) mass is 356 g/mol. The van der Waals surface area contributed by atoms with E-state index in [2.05, 4.69) is 48.8 Å². The van der Waals surface area contributed by atoms with Gasteiger partial charge >= 0.3 is 0 Å². The van der Waals surface area contributed by atoms with Gasteiger partial charge in [-0.2, -0.15) is 0 Å². The van der Waals surface area contributed by atoms with Gasteiger partial charge in [0.25, 0.3) is 0 Å². The molecule has 0 aromatic heterocycles. The number of hydrogen-bond acceptors (Lipinski definition) is 0. The molecule has 19 heavy (non-hydrogen) atoms. The Morgan fingerprint density at radius 1 is 1.00 bits per heavy atom. The third kappa shape index (κ3) is 3.16. The molecule has 1 unspecified atom stereocenters. The van der Waals surface area contributed by atoms with Gasteiger partial charge in [0, 0.05) is 9.50 Å². The van der Waals surface area contributed by atoms with E-state index in [-0.39, 0.29) is 5.38 Å². The highest BCUT2D eigenvalue weighted by Crippen LogP contribution is 2.38. The maximum Gasteiger partial charge on any atom is 0.0851 e. The van der Waals surface area contributed by atoms with Gasteiger partial charge in [-0.15, -0.1) is 11.6 Å². The fourth-order valence-electron chi connectivity index (χ4n) is 2.46. The molecule has 2 rings (SSSR count). The van der Waals surface area contributed by atoms with Crippen LogP contribution in [0.3, 0.4) is 0 Å². The molecule has 100 valence electrons. The maximum atomic E-state index is 6.68. The predicted molar refractivity (Wildman–Crippen MR) is 87.5 cm³/mol. The Morgan fingerprint density at radius 3 is 2.16 bits per heavy atom. The van der Waals surface area contributed by atoms with Crippen molar-refractivity contribution in [1.82, 2.24) is 0 Å². The molecule has 2 aromatic carbocycles. The standard InChI is InChI=1S/C16H15BrCl2/c1-9-6-10(2)15(11(3)7-9)16(19)13-8-12(18)4-5-14(13)17/h4-8,16H,1-3H3.